The second kappa shape index (κ2) is 8.33. The van der Waals surface area contributed by atoms with Gasteiger partial charge in [0, 0.05) is 32.2 Å². The van der Waals surface area contributed by atoms with Crippen molar-refractivity contribution < 1.29 is 4.39 Å². The zero-order valence-corrected chi connectivity index (χ0v) is 13.4. The molecule has 1 N–H and O–H groups in total. The first kappa shape index (κ1) is 18.1. The third-order valence-corrected chi connectivity index (χ3v) is 3.77. The monoisotopic (exact) mass is 358 g/mol. The topological polar surface area (TPSA) is 15.3 Å². The average molecular weight is 360 g/mol. The Morgan fingerprint density at radius 1 is 1.28 bits per heavy atom. The minimum absolute atomic E-state index is 0. The van der Waals surface area contributed by atoms with Crippen LogP contribution < -0.4 is 5.32 Å². The average Bonchev–Trinajstić information content (AvgIpc) is 2.33. The van der Waals surface area contributed by atoms with E-state index < -0.39 is 0 Å². The first-order chi connectivity index (χ1) is 7.68. The second-order valence-corrected chi connectivity index (χ2v) is 4.99. The Bertz CT molecular complexity index is 373. The van der Waals surface area contributed by atoms with E-state index >= 15 is 0 Å². The summed E-state index contributed by atoms with van der Waals surface area (Å²) < 4.78 is 14.0. The quantitative estimate of drug-likeness (QED) is 0.870. The minimum Gasteiger partial charge on any atom is -0.314 e. The Hall–Kier alpha value is 0.130. The van der Waals surface area contributed by atoms with Crippen LogP contribution in [0.2, 0.25) is 0 Å². The molecular formula is C12H18BrCl2FN2. The number of nitrogens with zero attached hydrogens (tertiary/aromatic N) is 1. The fourth-order valence-electron chi connectivity index (χ4n) is 2.05. The van der Waals surface area contributed by atoms with E-state index in [1.165, 1.54) is 0 Å². The minimum atomic E-state index is -0.181. The molecule has 1 aliphatic heterocycles. The SMILES string of the molecule is C[C@@H](c1ccc(Br)c(F)c1)N1CCNCC1.Cl.Cl. The van der Waals surface area contributed by atoms with Gasteiger partial charge in [0.1, 0.15) is 5.82 Å². The molecule has 0 unspecified atom stereocenters. The lowest BCUT2D eigenvalue weighted by atomic mass is 10.1. The highest BCUT2D eigenvalue weighted by atomic mass is 79.9. The van der Waals surface area contributed by atoms with Crippen molar-refractivity contribution in [3.8, 4) is 0 Å². The standard InChI is InChI=1S/C12H16BrFN2.2ClH/c1-9(16-6-4-15-5-7-16)10-2-3-11(13)12(14)8-10;;/h2-3,8-9,15H,4-7H2,1H3;2*1H/t9-;;/m0../s1. The molecule has 2 nitrogen and oxygen atoms in total. The van der Waals surface area contributed by atoms with E-state index in [2.05, 4.69) is 33.1 Å². The van der Waals surface area contributed by atoms with Gasteiger partial charge in [-0.05, 0) is 40.5 Å². The molecule has 1 aromatic carbocycles. The number of piperazine rings is 1. The zero-order chi connectivity index (χ0) is 11.5. The summed E-state index contributed by atoms with van der Waals surface area (Å²) in [5, 5.41) is 3.32. The molecule has 1 atom stereocenters. The van der Waals surface area contributed by atoms with Gasteiger partial charge in [-0.25, -0.2) is 4.39 Å². The summed E-state index contributed by atoms with van der Waals surface area (Å²) in [5.41, 5.74) is 1.04. The predicted molar refractivity (Wildman–Crippen MR) is 81.5 cm³/mol. The fourth-order valence-corrected chi connectivity index (χ4v) is 2.30. The van der Waals surface area contributed by atoms with E-state index in [0.29, 0.717) is 4.47 Å². The Kier molecular flexibility index (Phi) is 8.39. The predicted octanol–water partition coefficient (Wildman–Crippen LogP) is 3.40. The molecule has 6 heteroatoms. The van der Waals surface area contributed by atoms with Crippen molar-refractivity contribution in [2.24, 2.45) is 0 Å². The number of nitrogens with one attached hydrogen (secondary N) is 1. The van der Waals surface area contributed by atoms with Crippen LogP contribution in [0.1, 0.15) is 18.5 Å². The van der Waals surface area contributed by atoms with E-state index in [-0.39, 0.29) is 36.7 Å². The molecule has 1 aromatic rings. The van der Waals surface area contributed by atoms with Crippen molar-refractivity contribution in [2.75, 3.05) is 26.2 Å². The fraction of sp³-hybridized carbons (Fsp3) is 0.500. The molecule has 1 saturated heterocycles. The number of benzene rings is 1. The van der Waals surface area contributed by atoms with Gasteiger partial charge in [-0.15, -0.1) is 24.8 Å². The molecule has 1 heterocycles. The molecule has 1 aliphatic rings. The van der Waals surface area contributed by atoms with Gasteiger partial charge < -0.3 is 5.32 Å². The molecule has 0 spiro atoms. The zero-order valence-electron chi connectivity index (χ0n) is 10.2. The highest BCUT2D eigenvalue weighted by Crippen LogP contribution is 2.24. The first-order valence-electron chi connectivity index (χ1n) is 5.58. The third kappa shape index (κ3) is 4.35. The van der Waals surface area contributed by atoms with Gasteiger partial charge >= 0.3 is 0 Å². The Labute approximate surface area is 128 Å². The summed E-state index contributed by atoms with van der Waals surface area (Å²) >= 11 is 3.18. The van der Waals surface area contributed by atoms with Gasteiger partial charge in [-0.2, -0.15) is 0 Å². The summed E-state index contributed by atoms with van der Waals surface area (Å²) in [5.74, 6) is -0.181. The largest absolute Gasteiger partial charge is 0.314 e. The molecule has 0 aromatic heterocycles. The molecule has 18 heavy (non-hydrogen) atoms. The highest BCUT2D eigenvalue weighted by Gasteiger charge is 2.18. The van der Waals surface area contributed by atoms with Gasteiger partial charge in [-0.1, -0.05) is 6.07 Å². The molecule has 104 valence electrons. The molecule has 0 amide bonds. The van der Waals surface area contributed by atoms with E-state index in [1.54, 1.807) is 12.1 Å². The van der Waals surface area contributed by atoms with Crippen molar-refractivity contribution in [1.82, 2.24) is 10.2 Å². The van der Waals surface area contributed by atoms with Gasteiger partial charge in [0.2, 0.25) is 0 Å². The smallest absolute Gasteiger partial charge is 0.137 e. The number of hydrogen-bond donors (Lipinski definition) is 1. The summed E-state index contributed by atoms with van der Waals surface area (Å²) in [6.45, 7) is 6.22. The van der Waals surface area contributed by atoms with Crippen LogP contribution in [0.15, 0.2) is 22.7 Å². The van der Waals surface area contributed by atoms with Crippen molar-refractivity contribution in [3.05, 3.63) is 34.1 Å². The first-order valence-corrected chi connectivity index (χ1v) is 6.37. The van der Waals surface area contributed by atoms with Gasteiger partial charge in [-0.3, -0.25) is 4.90 Å². The lowest BCUT2D eigenvalue weighted by Crippen LogP contribution is -2.44. The van der Waals surface area contributed by atoms with Crippen LogP contribution in [0.5, 0.6) is 0 Å². The Balaban J connectivity index is 0.00000144. The molecule has 0 aliphatic carbocycles. The summed E-state index contributed by atoms with van der Waals surface area (Å²) in [6.07, 6.45) is 0. The van der Waals surface area contributed by atoms with Crippen LogP contribution in [0.25, 0.3) is 0 Å². The van der Waals surface area contributed by atoms with Crippen LogP contribution >= 0.6 is 40.7 Å². The molecule has 0 bridgehead atoms. The second-order valence-electron chi connectivity index (χ2n) is 4.14. The lowest BCUT2D eigenvalue weighted by Gasteiger charge is -2.33. The van der Waals surface area contributed by atoms with Crippen molar-refractivity contribution in [1.29, 1.82) is 0 Å². The number of halogens is 4. The van der Waals surface area contributed by atoms with Crippen LogP contribution in [0.3, 0.4) is 0 Å². The van der Waals surface area contributed by atoms with E-state index in [9.17, 15) is 4.39 Å². The molecule has 0 saturated carbocycles. The van der Waals surface area contributed by atoms with Crippen molar-refractivity contribution in [2.45, 2.75) is 13.0 Å². The normalized spacial score (nSPS) is 17.5. The molecular weight excluding hydrogens is 342 g/mol. The molecule has 2 rings (SSSR count). The molecule has 0 radical (unpaired) electrons. The van der Waals surface area contributed by atoms with Crippen molar-refractivity contribution >= 4 is 40.7 Å². The summed E-state index contributed by atoms with van der Waals surface area (Å²) in [4.78, 5) is 2.37. The Morgan fingerprint density at radius 3 is 2.44 bits per heavy atom. The van der Waals surface area contributed by atoms with Crippen LogP contribution in [0, 0.1) is 5.82 Å². The summed E-state index contributed by atoms with van der Waals surface area (Å²) in [6, 6.07) is 5.67. The number of rotatable bonds is 2. The maximum Gasteiger partial charge on any atom is 0.137 e. The van der Waals surface area contributed by atoms with E-state index in [1.807, 2.05) is 6.07 Å². The van der Waals surface area contributed by atoms with E-state index in [0.717, 1.165) is 31.7 Å². The Morgan fingerprint density at radius 2 is 1.89 bits per heavy atom. The third-order valence-electron chi connectivity index (χ3n) is 3.13. The van der Waals surface area contributed by atoms with Gasteiger partial charge in [0.05, 0.1) is 4.47 Å². The van der Waals surface area contributed by atoms with Crippen LogP contribution in [-0.4, -0.2) is 31.1 Å². The van der Waals surface area contributed by atoms with Gasteiger partial charge in [0.25, 0.3) is 0 Å². The summed E-state index contributed by atoms with van der Waals surface area (Å²) in [7, 11) is 0. The van der Waals surface area contributed by atoms with E-state index in [4.69, 9.17) is 0 Å². The lowest BCUT2D eigenvalue weighted by molar-refractivity contribution is 0.185. The maximum atomic E-state index is 13.4. The maximum absolute atomic E-state index is 13.4. The number of hydrogen-bond acceptors (Lipinski definition) is 2. The highest BCUT2D eigenvalue weighted by molar-refractivity contribution is 9.10. The van der Waals surface area contributed by atoms with Gasteiger partial charge in [0.15, 0.2) is 0 Å². The molecule has 1 fully saturated rings. The van der Waals surface area contributed by atoms with Crippen LogP contribution in [-0.2, 0) is 0 Å². The van der Waals surface area contributed by atoms with Crippen LogP contribution in [0.4, 0.5) is 4.39 Å². The van der Waals surface area contributed by atoms with Crippen molar-refractivity contribution in [3.63, 3.8) is 0 Å².